The van der Waals surface area contributed by atoms with Crippen molar-refractivity contribution in [2.24, 2.45) is 0 Å². The van der Waals surface area contributed by atoms with Crippen LogP contribution < -0.4 is 5.32 Å². The van der Waals surface area contributed by atoms with Gasteiger partial charge in [0, 0.05) is 17.4 Å². The maximum atomic E-state index is 11.3. The van der Waals surface area contributed by atoms with Crippen molar-refractivity contribution in [2.45, 2.75) is 27.2 Å². The fourth-order valence-corrected chi connectivity index (χ4v) is 2.31. The minimum Gasteiger partial charge on any atom is -0.302 e. The molecule has 0 atom stereocenters. The average Bonchev–Trinajstić information content (AvgIpc) is 2.81. The Morgan fingerprint density at radius 1 is 1.33 bits per heavy atom. The number of aryl methyl sites for hydroxylation is 2. The van der Waals surface area contributed by atoms with E-state index in [4.69, 9.17) is 0 Å². The lowest BCUT2D eigenvalue weighted by molar-refractivity contribution is -0.115. The van der Waals surface area contributed by atoms with Gasteiger partial charge in [-0.3, -0.25) is 4.79 Å². The number of amides is 1. The van der Waals surface area contributed by atoms with Crippen molar-refractivity contribution in [2.75, 3.05) is 5.32 Å². The van der Waals surface area contributed by atoms with Crippen LogP contribution in [-0.4, -0.2) is 10.9 Å². The van der Waals surface area contributed by atoms with Crippen LogP contribution in [0.1, 0.15) is 24.5 Å². The van der Waals surface area contributed by atoms with E-state index < -0.39 is 0 Å². The number of benzene rings is 1. The summed E-state index contributed by atoms with van der Waals surface area (Å²) in [5.74, 6) is -0.00372. The molecule has 0 fully saturated rings. The highest BCUT2D eigenvalue weighted by Crippen LogP contribution is 2.26. The van der Waals surface area contributed by atoms with E-state index in [1.54, 1.807) is 0 Å². The third-order valence-electron chi connectivity index (χ3n) is 2.87. The first-order chi connectivity index (χ1) is 8.60. The quantitative estimate of drug-likeness (QED) is 0.912. The SMILES string of the molecule is CCC(=O)Nc1nc(-c2ccc(C)c(C)c2)cs1. The average molecular weight is 260 g/mol. The van der Waals surface area contributed by atoms with Gasteiger partial charge in [-0.25, -0.2) is 4.98 Å². The van der Waals surface area contributed by atoms with Crippen molar-refractivity contribution in [3.8, 4) is 11.3 Å². The Labute approximate surface area is 111 Å². The lowest BCUT2D eigenvalue weighted by Gasteiger charge is -2.02. The number of hydrogen-bond donors (Lipinski definition) is 1. The molecule has 0 aliphatic rings. The minimum absolute atomic E-state index is 0.00372. The van der Waals surface area contributed by atoms with E-state index in [1.807, 2.05) is 12.3 Å². The van der Waals surface area contributed by atoms with Crippen molar-refractivity contribution in [1.29, 1.82) is 0 Å². The normalized spacial score (nSPS) is 10.4. The van der Waals surface area contributed by atoms with Crippen molar-refractivity contribution < 1.29 is 4.79 Å². The number of anilines is 1. The Hall–Kier alpha value is -1.68. The molecule has 3 nitrogen and oxygen atoms in total. The Morgan fingerprint density at radius 2 is 2.11 bits per heavy atom. The van der Waals surface area contributed by atoms with Crippen molar-refractivity contribution >= 4 is 22.4 Å². The zero-order valence-corrected chi connectivity index (χ0v) is 11.6. The molecule has 0 aliphatic heterocycles. The maximum absolute atomic E-state index is 11.3. The smallest absolute Gasteiger partial charge is 0.225 e. The Bertz CT molecular complexity index is 575. The molecule has 0 bridgehead atoms. The van der Waals surface area contributed by atoms with E-state index in [2.05, 4.69) is 42.3 Å². The summed E-state index contributed by atoms with van der Waals surface area (Å²) in [7, 11) is 0. The van der Waals surface area contributed by atoms with Gasteiger partial charge in [0.15, 0.2) is 5.13 Å². The molecule has 0 radical (unpaired) electrons. The molecule has 0 unspecified atom stereocenters. The summed E-state index contributed by atoms with van der Waals surface area (Å²) in [5.41, 5.74) is 4.52. The standard InChI is InChI=1S/C14H16N2OS/c1-4-13(17)16-14-15-12(8-18-14)11-6-5-9(2)10(3)7-11/h5-8H,4H2,1-3H3,(H,15,16,17). The predicted molar refractivity (Wildman–Crippen MR) is 75.9 cm³/mol. The van der Waals surface area contributed by atoms with Crippen LogP contribution in [0.4, 0.5) is 5.13 Å². The Morgan fingerprint density at radius 3 is 2.78 bits per heavy atom. The second kappa shape index (κ2) is 5.31. The van der Waals surface area contributed by atoms with Crippen LogP contribution in [0, 0.1) is 13.8 Å². The molecule has 18 heavy (non-hydrogen) atoms. The minimum atomic E-state index is -0.00372. The molecule has 0 aliphatic carbocycles. The number of thiazole rings is 1. The van der Waals surface area contributed by atoms with Crippen LogP contribution >= 0.6 is 11.3 Å². The number of rotatable bonds is 3. The number of hydrogen-bond acceptors (Lipinski definition) is 3. The Balaban J connectivity index is 2.23. The van der Waals surface area contributed by atoms with Crippen molar-refractivity contribution in [3.63, 3.8) is 0 Å². The van der Waals surface area contributed by atoms with Gasteiger partial charge in [0.05, 0.1) is 5.69 Å². The summed E-state index contributed by atoms with van der Waals surface area (Å²) in [6, 6.07) is 6.27. The van der Waals surface area contributed by atoms with Gasteiger partial charge in [-0.05, 0) is 31.0 Å². The highest BCUT2D eigenvalue weighted by Gasteiger charge is 2.07. The molecule has 1 amide bonds. The summed E-state index contributed by atoms with van der Waals surface area (Å²) < 4.78 is 0. The third kappa shape index (κ3) is 2.76. The summed E-state index contributed by atoms with van der Waals surface area (Å²) in [5, 5.41) is 5.41. The number of nitrogens with one attached hydrogen (secondary N) is 1. The number of nitrogens with zero attached hydrogens (tertiary/aromatic N) is 1. The fraction of sp³-hybridized carbons (Fsp3) is 0.286. The van der Waals surface area contributed by atoms with Gasteiger partial charge in [0.1, 0.15) is 0 Å². The zero-order valence-electron chi connectivity index (χ0n) is 10.8. The molecular weight excluding hydrogens is 244 g/mol. The van der Waals surface area contributed by atoms with Crippen molar-refractivity contribution in [1.82, 2.24) is 4.98 Å². The highest BCUT2D eigenvalue weighted by atomic mass is 32.1. The monoisotopic (exact) mass is 260 g/mol. The van der Waals surface area contributed by atoms with E-state index in [1.165, 1.54) is 22.5 Å². The molecule has 94 valence electrons. The van der Waals surface area contributed by atoms with Gasteiger partial charge in [-0.2, -0.15) is 0 Å². The van der Waals surface area contributed by atoms with E-state index in [9.17, 15) is 4.79 Å². The van der Waals surface area contributed by atoms with Gasteiger partial charge in [-0.1, -0.05) is 19.1 Å². The first-order valence-corrected chi connectivity index (χ1v) is 6.81. The van der Waals surface area contributed by atoms with Crippen LogP contribution in [0.3, 0.4) is 0 Å². The van der Waals surface area contributed by atoms with Gasteiger partial charge < -0.3 is 5.32 Å². The molecule has 1 N–H and O–H groups in total. The number of aromatic nitrogens is 1. The molecule has 0 saturated carbocycles. The molecule has 2 rings (SSSR count). The van der Waals surface area contributed by atoms with Crippen LogP contribution in [0.2, 0.25) is 0 Å². The molecular formula is C14H16N2OS. The van der Waals surface area contributed by atoms with Gasteiger partial charge >= 0.3 is 0 Å². The lowest BCUT2D eigenvalue weighted by atomic mass is 10.1. The lowest BCUT2D eigenvalue weighted by Crippen LogP contribution is -2.08. The molecule has 1 aromatic heterocycles. The van der Waals surface area contributed by atoms with E-state index in [0.717, 1.165) is 11.3 Å². The molecule has 2 aromatic rings. The van der Waals surface area contributed by atoms with E-state index in [-0.39, 0.29) is 5.91 Å². The van der Waals surface area contributed by atoms with E-state index >= 15 is 0 Å². The largest absolute Gasteiger partial charge is 0.302 e. The van der Waals surface area contributed by atoms with Gasteiger partial charge in [-0.15, -0.1) is 11.3 Å². The van der Waals surface area contributed by atoms with Gasteiger partial charge in [0.2, 0.25) is 5.91 Å². The summed E-state index contributed by atoms with van der Waals surface area (Å²) in [4.78, 5) is 15.7. The number of carbonyl (C=O) groups is 1. The fourth-order valence-electron chi connectivity index (χ4n) is 1.57. The molecule has 1 aromatic carbocycles. The highest BCUT2D eigenvalue weighted by molar-refractivity contribution is 7.14. The van der Waals surface area contributed by atoms with Crippen LogP contribution in [0.5, 0.6) is 0 Å². The molecule has 0 spiro atoms. The maximum Gasteiger partial charge on any atom is 0.225 e. The molecule has 1 heterocycles. The zero-order chi connectivity index (χ0) is 13.1. The first-order valence-electron chi connectivity index (χ1n) is 5.93. The topological polar surface area (TPSA) is 42.0 Å². The molecule has 4 heteroatoms. The third-order valence-corrected chi connectivity index (χ3v) is 3.63. The second-order valence-electron chi connectivity index (χ2n) is 4.24. The van der Waals surface area contributed by atoms with Crippen LogP contribution in [0.25, 0.3) is 11.3 Å². The summed E-state index contributed by atoms with van der Waals surface area (Å²) in [6.45, 7) is 6.01. The molecule has 0 saturated heterocycles. The summed E-state index contributed by atoms with van der Waals surface area (Å²) in [6.07, 6.45) is 0.471. The van der Waals surface area contributed by atoms with E-state index in [0.29, 0.717) is 11.6 Å². The number of carbonyl (C=O) groups excluding carboxylic acids is 1. The predicted octanol–water partition coefficient (Wildman–Crippen LogP) is 3.78. The van der Waals surface area contributed by atoms with Crippen LogP contribution in [-0.2, 0) is 4.79 Å². The first kappa shape index (κ1) is 12.8. The Kier molecular flexibility index (Phi) is 3.77. The van der Waals surface area contributed by atoms with Gasteiger partial charge in [0.25, 0.3) is 0 Å². The second-order valence-corrected chi connectivity index (χ2v) is 5.10. The van der Waals surface area contributed by atoms with Crippen molar-refractivity contribution in [3.05, 3.63) is 34.7 Å². The summed E-state index contributed by atoms with van der Waals surface area (Å²) >= 11 is 1.46. The van der Waals surface area contributed by atoms with Crippen LogP contribution in [0.15, 0.2) is 23.6 Å².